The molecule has 1 unspecified atom stereocenters. The fraction of sp³-hybridized carbons (Fsp3) is 0.225. The minimum atomic E-state index is -1.03. The molecular weight excluding hydrogens is 692 g/mol. The Balaban J connectivity index is 0.877. The van der Waals surface area contributed by atoms with Gasteiger partial charge in [0.2, 0.25) is 11.8 Å². The van der Waals surface area contributed by atoms with Gasteiger partial charge in [0.15, 0.2) is 0 Å². The maximum Gasteiger partial charge on any atom is 0.262 e. The van der Waals surface area contributed by atoms with Crippen LogP contribution in [0.25, 0.3) is 5.57 Å². The summed E-state index contributed by atoms with van der Waals surface area (Å²) < 4.78 is 17.2. The first kappa shape index (κ1) is 35.7. The number of benzene rings is 3. The summed E-state index contributed by atoms with van der Waals surface area (Å²) in [6, 6.07) is 20.4. The lowest BCUT2D eigenvalue weighted by Crippen LogP contribution is -2.54. The number of hydrogen-bond acceptors (Lipinski definition) is 12. The Morgan fingerprint density at radius 3 is 2.28 bits per heavy atom. The number of fused-ring (bicyclic) bond motifs is 2. The van der Waals surface area contributed by atoms with Gasteiger partial charge >= 0.3 is 0 Å². The zero-order chi connectivity index (χ0) is 37.6. The maximum absolute atomic E-state index is 13.0. The number of anilines is 1. The second kappa shape index (κ2) is 15.9. The van der Waals surface area contributed by atoms with Crippen molar-refractivity contribution < 1.29 is 38.6 Å². The van der Waals surface area contributed by atoms with E-state index in [1.54, 1.807) is 30.6 Å². The van der Waals surface area contributed by atoms with E-state index in [9.17, 15) is 24.4 Å². The Kier molecular flexibility index (Phi) is 10.5. The lowest BCUT2D eigenvalue weighted by Gasteiger charge is -2.27. The van der Waals surface area contributed by atoms with Crippen molar-refractivity contribution in [2.45, 2.75) is 31.7 Å². The number of imide groups is 2. The maximum atomic E-state index is 13.0. The van der Waals surface area contributed by atoms with Crippen molar-refractivity contribution in [1.29, 1.82) is 5.41 Å². The number of nitrogens with one attached hydrogen (secondary N) is 3. The first-order valence-corrected chi connectivity index (χ1v) is 17.4. The molecule has 0 bridgehead atoms. The first-order valence-electron chi connectivity index (χ1n) is 17.4. The van der Waals surface area contributed by atoms with Crippen LogP contribution in [0.1, 0.15) is 62.2 Å². The largest absolute Gasteiger partial charge is 0.491 e. The molecule has 0 radical (unpaired) electrons. The van der Waals surface area contributed by atoms with E-state index in [0.717, 1.165) is 39.3 Å². The van der Waals surface area contributed by atoms with E-state index in [1.807, 2.05) is 48.7 Å². The van der Waals surface area contributed by atoms with Crippen LogP contribution < -0.4 is 20.1 Å². The van der Waals surface area contributed by atoms with Gasteiger partial charge in [-0.3, -0.25) is 39.8 Å². The van der Waals surface area contributed by atoms with Crippen molar-refractivity contribution in [2.24, 2.45) is 5.16 Å². The lowest BCUT2D eigenvalue weighted by atomic mass is 9.94. The number of aromatic nitrogens is 1. The van der Waals surface area contributed by atoms with Crippen LogP contribution in [0.3, 0.4) is 0 Å². The molecule has 14 heteroatoms. The van der Waals surface area contributed by atoms with E-state index in [1.165, 1.54) is 12.1 Å². The molecule has 4 N–H and O–H groups in total. The molecule has 1 saturated heterocycles. The van der Waals surface area contributed by atoms with Crippen molar-refractivity contribution in [1.82, 2.24) is 15.2 Å². The van der Waals surface area contributed by atoms with Crippen molar-refractivity contribution in [3.63, 3.8) is 0 Å². The number of nitrogens with zero attached hydrogens (tertiary/aromatic N) is 3. The Labute approximate surface area is 309 Å². The van der Waals surface area contributed by atoms with Crippen LogP contribution in [0.15, 0.2) is 96.5 Å². The van der Waals surface area contributed by atoms with Crippen LogP contribution in [0, 0.1) is 5.41 Å². The van der Waals surface area contributed by atoms with Gasteiger partial charge in [-0.2, -0.15) is 0 Å². The van der Waals surface area contributed by atoms with Gasteiger partial charge in [-0.1, -0.05) is 23.4 Å². The van der Waals surface area contributed by atoms with E-state index in [2.05, 4.69) is 20.8 Å². The van der Waals surface area contributed by atoms with Gasteiger partial charge < -0.3 is 24.7 Å². The van der Waals surface area contributed by atoms with Crippen LogP contribution in [-0.2, 0) is 20.7 Å². The quantitative estimate of drug-likeness (QED) is 0.0469. The van der Waals surface area contributed by atoms with Crippen LogP contribution in [-0.4, -0.2) is 82.6 Å². The number of carbonyl (C=O) groups is 4. The van der Waals surface area contributed by atoms with Crippen molar-refractivity contribution >= 4 is 46.3 Å². The van der Waals surface area contributed by atoms with E-state index in [-0.39, 0.29) is 37.2 Å². The predicted molar refractivity (Wildman–Crippen MR) is 197 cm³/mol. The summed E-state index contributed by atoms with van der Waals surface area (Å²) in [6.07, 6.45) is 6.70. The molecule has 1 fully saturated rings. The fourth-order valence-electron chi connectivity index (χ4n) is 6.60. The Morgan fingerprint density at radius 1 is 0.833 bits per heavy atom. The van der Waals surface area contributed by atoms with Crippen LogP contribution >= 0.6 is 0 Å². The minimum absolute atomic E-state index is 0.0522. The van der Waals surface area contributed by atoms with Gasteiger partial charge in [-0.05, 0) is 85.0 Å². The molecule has 2 aliphatic heterocycles. The van der Waals surface area contributed by atoms with E-state index in [4.69, 9.17) is 19.6 Å². The highest BCUT2D eigenvalue weighted by Crippen LogP contribution is 2.31. The number of allylic oxidation sites excluding steroid dienone is 1. The number of ether oxygens (including phenoxy) is 3. The molecule has 1 aromatic heterocycles. The number of aryl methyl sites for hydroxylation is 1. The van der Waals surface area contributed by atoms with Gasteiger partial charge in [-0.15, -0.1) is 0 Å². The molecular formula is C40H36N6O8. The second-order valence-electron chi connectivity index (χ2n) is 12.7. The average molecular weight is 729 g/mol. The van der Waals surface area contributed by atoms with E-state index >= 15 is 0 Å². The van der Waals surface area contributed by atoms with Gasteiger partial charge in [-0.25, -0.2) is 0 Å². The molecule has 1 atom stereocenters. The van der Waals surface area contributed by atoms with Crippen molar-refractivity contribution in [3.8, 4) is 11.5 Å². The fourth-order valence-corrected chi connectivity index (χ4v) is 6.60. The molecule has 3 aromatic carbocycles. The van der Waals surface area contributed by atoms with E-state index < -0.39 is 29.7 Å². The average Bonchev–Trinajstić information content (AvgIpc) is 3.72. The molecule has 0 spiro atoms. The Hall–Kier alpha value is -6.67. The summed E-state index contributed by atoms with van der Waals surface area (Å²) in [5.41, 5.74) is 6.41. The lowest BCUT2D eigenvalue weighted by molar-refractivity contribution is -0.136. The summed E-state index contributed by atoms with van der Waals surface area (Å²) in [5.74, 6) is -1.23. The minimum Gasteiger partial charge on any atom is -0.491 e. The van der Waals surface area contributed by atoms with Gasteiger partial charge in [0.1, 0.15) is 30.8 Å². The molecule has 1 aliphatic carbocycles. The zero-order valence-electron chi connectivity index (χ0n) is 29.0. The summed E-state index contributed by atoms with van der Waals surface area (Å²) in [6.45, 7) is 1.04. The highest BCUT2D eigenvalue weighted by molar-refractivity contribution is 6.30. The molecule has 0 saturated carbocycles. The number of piperidine rings is 1. The standard InChI is InChI=1S/C40H36N6O8/c41-37(24-13-15-42-16-14-24)33(26-1-8-30-25(21-26)2-10-34(30)45-51)23-43-27-3-5-28(6-4-27)53-19-17-52-18-20-54-29-7-9-31-32(22-29)40(50)46(39(31)49)35-11-12-36(47)44-38(35)48/h1,3-9,13-16,21-23,35,41,43,51H,2,10-12,17-20H2,(H,44,47,48)/b33-23-,41-37?,45-34+. The molecule has 274 valence electrons. The van der Waals surface area contributed by atoms with Crippen molar-refractivity contribution in [3.05, 3.63) is 125 Å². The van der Waals surface area contributed by atoms with Crippen molar-refractivity contribution in [2.75, 3.05) is 31.7 Å². The van der Waals surface area contributed by atoms with Gasteiger partial charge in [0.25, 0.3) is 11.8 Å². The highest BCUT2D eigenvalue weighted by atomic mass is 16.5. The Morgan fingerprint density at radius 2 is 1.54 bits per heavy atom. The first-order chi connectivity index (χ1) is 26.3. The molecule has 14 nitrogen and oxygen atoms in total. The summed E-state index contributed by atoms with van der Waals surface area (Å²) in [5, 5.41) is 27.2. The molecule has 4 amide bonds. The summed E-state index contributed by atoms with van der Waals surface area (Å²) in [7, 11) is 0. The number of rotatable bonds is 14. The third-order valence-corrected chi connectivity index (χ3v) is 9.36. The smallest absolute Gasteiger partial charge is 0.262 e. The number of carbonyl (C=O) groups excluding carboxylic acids is 4. The molecule has 7 rings (SSSR count). The molecule has 4 aromatic rings. The number of hydrogen-bond donors (Lipinski definition) is 4. The third-order valence-electron chi connectivity index (χ3n) is 9.36. The predicted octanol–water partition coefficient (Wildman–Crippen LogP) is 4.60. The highest BCUT2D eigenvalue weighted by Gasteiger charge is 2.44. The van der Waals surface area contributed by atoms with Crippen LogP contribution in [0.2, 0.25) is 0 Å². The van der Waals surface area contributed by atoms with E-state index in [0.29, 0.717) is 48.1 Å². The van der Waals surface area contributed by atoms with Gasteiger partial charge in [0.05, 0.1) is 35.8 Å². The van der Waals surface area contributed by atoms with Gasteiger partial charge in [0, 0.05) is 47.4 Å². The topological polar surface area (TPSA) is 193 Å². The Bertz CT molecular complexity index is 2180. The molecule has 3 heterocycles. The second-order valence-corrected chi connectivity index (χ2v) is 12.7. The molecule has 54 heavy (non-hydrogen) atoms. The van der Waals surface area contributed by atoms with Crippen LogP contribution in [0.5, 0.6) is 11.5 Å². The zero-order valence-corrected chi connectivity index (χ0v) is 29.0. The molecule has 3 aliphatic rings. The summed E-state index contributed by atoms with van der Waals surface area (Å²) >= 11 is 0. The normalized spacial score (nSPS) is 17.3. The van der Waals surface area contributed by atoms with Crippen LogP contribution in [0.4, 0.5) is 5.69 Å². The number of pyridine rings is 1. The number of oxime groups is 1. The third kappa shape index (κ3) is 7.59. The SMILES string of the molecule is N=C(/C(=C\Nc1ccc(OCCOCCOc2ccc3c(c2)C(=O)N(C2CCC(=O)NC2=O)C3=O)cc1)c1ccc2c(c1)CC/C2=N\O)c1ccncc1. The number of amides is 4. The monoisotopic (exact) mass is 728 g/mol. The summed E-state index contributed by atoms with van der Waals surface area (Å²) in [4.78, 5) is 54.7.